The highest BCUT2D eigenvalue weighted by molar-refractivity contribution is 5.75. The van der Waals surface area contributed by atoms with Crippen molar-refractivity contribution in [3.8, 4) is 0 Å². The van der Waals surface area contributed by atoms with Crippen LogP contribution in [0.5, 0.6) is 0 Å². The van der Waals surface area contributed by atoms with E-state index in [1.807, 2.05) is 0 Å². The third kappa shape index (κ3) is 1.87. The molecule has 2 amide bonds. The Bertz CT molecular complexity index is 199. The molecule has 1 aliphatic heterocycles. The number of rotatable bonds is 1. The first-order valence-corrected chi connectivity index (χ1v) is 3.73. The summed E-state index contributed by atoms with van der Waals surface area (Å²) < 4.78 is 4.40. The van der Waals surface area contributed by atoms with Gasteiger partial charge >= 0.3 is 6.09 Å². The van der Waals surface area contributed by atoms with Crippen LogP contribution in [0.4, 0.5) is 4.79 Å². The molecule has 0 radical (unpaired) electrons. The monoisotopic (exact) mass is 172 g/mol. The lowest BCUT2D eigenvalue weighted by molar-refractivity contribution is -0.133. The van der Waals surface area contributed by atoms with Crippen LogP contribution >= 0.6 is 0 Å². The number of alkyl carbamates (subject to hydrolysis) is 1. The average Bonchev–Trinajstić information content (AvgIpc) is 1.94. The number of nitrogens with one attached hydrogen (secondary N) is 1. The molecule has 0 saturated carbocycles. The minimum absolute atomic E-state index is 0.0397. The predicted molar refractivity (Wildman–Crippen MR) is 41.6 cm³/mol. The largest absolute Gasteiger partial charge is 0.453 e. The molecular weight excluding hydrogens is 160 g/mol. The molecule has 1 rings (SSSR count). The lowest BCUT2D eigenvalue weighted by Gasteiger charge is -2.38. The molecule has 1 heterocycles. The fourth-order valence-electron chi connectivity index (χ4n) is 1.05. The number of likely N-dealkylation sites (tertiary alicyclic amines) is 1. The van der Waals surface area contributed by atoms with E-state index in [-0.39, 0.29) is 11.9 Å². The highest BCUT2D eigenvalue weighted by Crippen LogP contribution is 2.07. The molecule has 0 aliphatic carbocycles. The van der Waals surface area contributed by atoms with E-state index in [9.17, 15) is 9.59 Å². The number of methoxy groups -OCH3 is 1. The van der Waals surface area contributed by atoms with E-state index in [0.29, 0.717) is 13.1 Å². The maximum Gasteiger partial charge on any atom is 0.407 e. The van der Waals surface area contributed by atoms with Crippen molar-refractivity contribution in [1.29, 1.82) is 0 Å². The molecule has 1 fully saturated rings. The Morgan fingerprint density at radius 2 is 2.08 bits per heavy atom. The third-order valence-electron chi connectivity index (χ3n) is 1.83. The molecule has 68 valence electrons. The number of hydrogen-bond donors (Lipinski definition) is 1. The first-order valence-electron chi connectivity index (χ1n) is 3.73. The van der Waals surface area contributed by atoms with E-state index in [0.717, 1.165) is 0 Å². The molecule has 0 aromatic heterocycles. The highest BCUT2D eigenvalue weighted by atomic mass is 16.5. The smallest absolute Gasteiger partial charge is 0.407 e. The van der Waals surface area contributed by atoms with Gasteiger partial charge in [-0.1, -0.05) is 0 Å². The molecule has 5 heteroatoms. The molecule has 1 N–H and O–H groups in total. The predicted octanol–water partition coefficient (Wildman–Crippen LogP) is -0.427. The zero-order chi connectivity index (χ0) is 9.14. The minimum Gasteiger partial charge on any atom is -0.453 e. The molecule has 0 aromatic rings. The zero-order valence-corrected chi connectivity index (χ0v) is 7.16. The van der Waals surface area contributed by atoms with Gasteiger partial charge in [-0.15, -0.1) is 0 Å². The summed E-state index contributed by atoms with van der Waals surface area (Å²) in [4.78, 5) is 23.0. The molecule has 0 atom stereocenters. The van der Waals surface area contributed by atoms with Crippen molar-refractivity contribution in [2.24, 2.45) is 0 Å². The van der Waals surface area contributed by atoms with Gasteiger partial charge in [0.25, 0.3) is 0 Å². The van der Waals surface area contributed by atoms with Crippen molar-refractivity contribution in [3.63, 3.8) is 0 Å². The maximum atomic E-state index is 10.7. The molecule has 0 bridgehead atoms. The summed E-state index contributed by atoms with van der Waals surface area (Å²) in [5, 5.41) is 2.60. The average molecular weight is 172 g/mol. The van der Waals surface area contributed by atoms with E-state index in [2.05, 4.69) is 10.1 Å². The van der Waals surface area contributed by atoms with Gasteiger partial charge < -0.3 is 15.0 Å². The molecule has 0 aromatic carbocycles. The fraction of sp³-hybridized carbons (Fsp3) is 0.714. The maximum absolute atomic E-state index is 10.7. The summed E-state index contributed by atoms with van der Waals surface area (Å²) in [7, 11) is 1.32. The number of carbonyl (C=O) groups excluding carboxylic acids is 2. The van der Waals surface area contributed by atoms with Gasteiger partial charge in [-0.05, 0) is 0 Å². The van der Waals surface area contributed by atoms with Crippen LogP contribution in [-0.2, 0) is 9.53 Å². The Hall–Kier alpha value is -1.26. The minimum atomic E-state index is -0.441. The number of hydrogen-bond acceptors (Lipinski definition) is 3. The lowest BCUT2D eigenvalue weighted by Crippen LogP contribution is -2.60. The van der Waals surface area contributed by atoms with Gasteiger partial charge in [0.15, 0.2) is 0 Å². The van der Waals surface area contributed by atoms with Gasteiger partial charge in [-0.3, -0.25) is 4.79 Å². The van der Waals surface area contributed by atoms with Crippen LogP contribution < -0.4 is 5.32 Å². The van der Waals surface area contributed by atoms with Crippen LogP contribution in [0.1, 0.15) is 6.92 Å². The topological polar surface area (TPSA) is 58.6 Å². The Labute approximate surface area is 70.7 Å². The van der Waals surface area contributed by atoms with Crippen molar-refractivity contribution >= 4 is 12.0 Å². The summed E-state index contributed by atoms with van der Waals surface area (Å²) in [6.45, 7) is 2.68. The molecular formula is C7H12N2O3. The summed E-state index contributed by atoms with van der Waals surface area (Å²) in [5.41, 5.74) is 0. The zero-order valence-electron chi connectivity index (χ0n) is 7.16. The number of nitrogens with zero attached hydrogens (tertiary/aromatic N) is 1. The second-order valence-corrected chi connectivity index (χ2v) is 2.76. The molecule has 0 unspecified atom stereocenters. The van der Waals surface area contributed by atoms with Gasteiger partial charge in [-0.2, -0.15) is 0 Å². The first-order chi connectivity index (χ1) is 5.63. The van der Waals surface area contributed by atoms with Crippen molar-refractivity contribution < 1.29 is 14.3 Å². The number of amides is 2. The standard InChI is InChI=1S/C7H12N2O3/c1-5(10)9-3-6(4-9)8-7(11)12-2/h6H,3-4H2,1-2H3,(H,8,11). The Balaban J connectivity index is 2.17. The second kappa shape index (κ2) is 3.42. The quantitative estimate of drug-likeness (QED) is 0.584. The Morgan fingerprint density at radius 1 is 1.50 bits per heavy atom. The molecule has 5 nitrogen and oxygen atoms in total. The summed E-state index contributed by atoms with van der Waals surface area (Å²) in [6, 6.07) is 0.0568. The van der Waals surface area contributed by atoms with E-state index < -0.39 is 6.09 Å². The first kappa shape index (κ1) is 8.83. The molecule has 0 spiro atoms. The summed E-state index contributed by atoms with van der Waals surface area (Å²) in [5.74, 6) is 0.0397. The van der Waals surface area contributed by atoms with Crippen LogP contribution in [0.2, 0.25) is 0 Å². The van der Waals surface area contributed by atoms with E-state index >= 15 is 0 Å². The molecule has 12 heavy (non-hydrogen) atoms. The highest BCUT2D eigenvalue weighted by Gasteiger charge is 2.29. The van der Waals surface area contributed by atoms with Crippen LogP contribution in [-0.4, -0.2) is 43.1 Å². The van der Waals surface area contributed by atoms with Crippen LogP contribution in [0.3, 0.4) is 0 Å². The van der Waals surface area contributed by atoms with Gasteiger partial charge in [0.1, 0.15) is 0 Å². The number of ether oxygens (including phenoxy) is 1. The SMILES string of the molecule is COC(=O)NC1CN(C(C)=O)C1. The van der Waals surface area contributed by atoms with Gasteiger partial charge in [0.05, 0.1) is 13.2 Å². The van der Waals surface area contributed by atoms with Crippen LogP contribution in [0, 0.1) is 0 Å². The Morgan fingerprint density at radius 3 is 2.50 bits per heavy atom. The fourth-order valence-corrected chi connectivity index (χ4v) is 1.05. The van der Waals surface area contributed by atoms with Crippen LogP contribution in [0.25, 0.3) is 0 Å². The van der Waals surface area contributed by atoms with Gasteiger partial charge in [-0.25, -0.2) is 4.79 Å². The Kier molecular flexibility index (Phi) is 2.52. The normalized spacial score (nSPS) is 16.7. The van der Waals surface area contributed by atoms with E-state index in [4.69, 9.17) is 0 Å². The van der Waals surface area contributed by atoms with E-state index in [1.165, 1.54) is 14.0 Å². The number of carbonyl (C=O) groups is 2. The van der Waals surface area contributed by atoms with Crippen molar-refractivity contribution in [3.05, 3.63) is 0 Å². The summed E-state index contributed by atoms with van der Waals surface area (Å²) in [6.07, 6.45) is -0.441. The van der Waals surface area contributed by atoms with E-state index in [1.54, 1.807) is 4.90 Å². The second-order valence-electron chi connectivity index (χ2n) is 2.76. The van der Waals surface area contributed by atoms with Crippen LogP contribution in [0.15, 0.2) is 0 Å². The van der Waals surface area contributed by atoms with Crippen molar-refractivity contribution in [1.82, 2.24) is 10.2 Å². The van der Waals surface area contributed by atoms with Gasteiger partial charge in [0, 0.05) is 20.0 Å². The molecule has 1 saturated heterocycles. The van der Waals surface area contributed by atoms with Crippen molar-refractivity contribution in [2.75, 3.05) is 20.2 Å². The lowest BCUT2D eigenvalue weighted by atomic mass is 10.1. The third-order valence-corrected chi connectivity index (χ3v) is 1.83. The van der Waals surface area contributed by atoms with Crippen molar-refractivity contribution in [2.45, 2.75) is 13.0 Å². The summed E-state index contributed by atoms with van der Waals surface area (Å²) >= 11 is 0. The molecule has 1 aliphatic rings. The van der Waals surface area contributed by atoms with Gasteiger partial charge in [0.2, 0.25) is 5.91 Å².